The minimum absolute atomic E-state index is 0.0388. The molecule has 0 saturated heterocycles. The van der Waals surface area contributed by atoms with Gasteiger partial charge in [0.1, 0.15) is 0 Å². The zero-order chi connectivity index (χ0) is 23.4. The fraction of sp³-hybridized carbons (Fsp3) is 0.200. The minimum atomic E-state index is -1.69. The second-order valence-electron chi connectivity index (χ2n) is 7.57. The standard InChI is InChI=1S/C25H18N4O3Se/c1-16-6-8-17(9-7-16)19(30)13-33-24-18(12-26)22(20-4-2-10-31-20)25(14-27,15-28)23(29-24)21-5-3-11-32-21/h2-11,22-23,29H,13H2,1H3. The number of nitrogens with zero attached hydrogens (tertiary/aromatic N) is 3. The van der Waals surface area contributed by atoms with Crippen LogP contribution in [-0.4, -0.2) is 20.7 Å². The molecule has 162 valence electrons. The summed E-state index contributed by atoms with van der Waals surface area (Å²) in [4.78, 5) is 12.8. The Morgan fingerprint density at radius 1 is 1.03 bits per heavy atom. The molecule has 33 heavy (non-hydrogen) atoms. The van der Waals surface area contributed by atoms with Gasteiger partial charge in [0.25, 0.3) is 0 Å². The van der Waals surface area contributed by atoms with E-state index >= 15 is 0 Å². The van der Waals surface area contributed by atoms with Crippen LogP contribution in [0.2, 0.25) is 5.32 Å². The van der Waals surface area contributed by atoms with Crippen LogP contribution in [0.15, 0.2) is 80.1 Å². The Labute approximate surface area is 197 Å². The zero-order valence-corrected chi connectivity index (χ0v) is 19.3. The second-order valence-corrected chi connectivity index (χ2v) is 9.63. The van der Waals surface area contributed by atoms with Gasteiger partial charge in [-0.3, -0.25) is 0 Å². The maximum absolute atomic E-state index is 12.8. The number of carbonyl (C=O) groups is 1. The van der Waals surface area contributed by atoms with Gasteiger partial charge >= 0.3 is 197 Å². The number of ketones is 1. The molecule has 7 nitrogen and oxygen atoms in total. The van der Waals surface area contributed by atoms with E-state index in [0.29, 0.717) is 21.7 Å². The first-order chi connectivity index (χ1) is 16.0. The number of hydrogen-bond acceptors (Lipinski definition) is 7. The summed E-state index contributed by atoms with van der Waals surface area (Å²) in [6.45, 7) is 1.95. The van der Waals surface area contributed by atoms with Crippen LogP contribution in [0, 0.1) is 46.3 Å². The summed E-state index contributed by atoms with van der Waals surface area (Å²) < 4.78 is 11.7. The van der Waals surface area contributed by atoms with Gasteiger partial charge in [-0.05, 0) is 0 Å². The number of nitrogens with one attached hydrogen (secondary N) is 1. The van der Waals surface area contributed by atoms with Crippen molar-refractivity contribution in [3.8, 4) is 18.2 Å². The van der Waals surface area contributed by atoms with Crippen LogP contribution in [0.4, 0.5) is 0 Å². The molecule has 2 atom stereocenters. The van der Waals surface area contributed by atoms with Gasteiger partial charge in [0, 0.05) is 0 Å². The summed E-state index contributed by atoms with van der Waals surface area (Å²) in [7, 11) is 0. The van der Waals surface area contributed by atoms with E-state index in [0.717, 1.165) is 5.56 Å². The van der Waals surface area contributed by atoms with Crippen LogP contribution in [0.5, 0.6) is 0 Å². The van der Waals surface area contributed by atoms with E-state index in [1.807, 2.05) is 19.1 Å². The summed E-state index contributed by atoms with van der Waals surface area (Å²) in [5, 5.41) is 33.9. The molecule has 3 heterocycles. The van der Waals surface area contributed by atoms with Crippen molar-refractivity contribution in [3.63, 3.8) is 0 Å². The van der Waals surface area contributed by atoms with Gasteiger partial charge in [-0.2, -0.15) is 0 Å². The Bertz CT molecular complexity index is 1290. The van der Waals surface area contributed by atoms with Gasteiger partial charge in [-0.25, -0.2) is 0 Å². The summed E-state index contributed by atoms with van der Waals surface area (Å²) in [6, 6.07) is 19.6. The number of Topliss-reactive ketones (excluding diaryl/α,β-unsaturated/α-hetero) is 1. The Balaban J connectivity index is 1.77. The third kappa shape index (κ3) is 3.97. The third-order valence-corrected chi connectivity index (χ3v) is 7.75. The van der Waals surface area contributed by atoms with E-state index in [1.165, 1.54) is 12.5 Å². The van der Waals surface area contributed by atoms with Crippen molar-refractivity contribution in [2.75, 3.05) is 0 Å². The fourth-order valence-corrected chi connectivity index (χ4v) is 5.92. The predicted molar refractivity (Wildman–Crippen MR) is 118 cm³/mol. The summed E-state index contributed by atoms with van der Waals surface area (Å²) in [5.74, 6) is -0.242. The van der Waals surface area contributed by atoms with E-state index in [2.05, 4.69) is 23.5 Å². The van der Waals surface area contributed by atoms with Crippen LogP contribution >= 0.6 is 0 Å². The van der Waals surface area contributed by atoms with Gasteiger partial charge in [0.2, 0.25) is 0 Å². The Kier molecular flexibility index (Phi) is 6.20. The van der Waals surface area contributed by atoms with Gasteiger partial charge in [0.15, 0.2) is 0 Å². The molecule has 2 unspecified atom stereocenters. The molecule has 0 radical (unpaired) electrons. The van der Waals surface area contributed by atoms with E-state index in [9.17, 15) is 20.6 Å². The van der Waals surface area contributed by atoms with Crippen LogP contribution < -0.4 is 5.32 Å². The van der Waals surface area contributed by atoms with Crippen LogP contribution in [0.25, 0.3) is 0 Å². The molecule has 0 aliphatic carbocycles. The molecule has 0 fully saturated rings. The summed E-state index contributed by atoms with van der Waals surface area (Å²) in [6.07, 6.45) is 2.91. The number of rotatable bonds is 6. The molecule has 2 aromatic heterocycles. The predicted octanol–water partition coefficient (Wildman–Crippen LogP) is 4.38. The molecule has 4 rings (SSSR count). The van der Waals surface area contributed by atoms with Crippen LogP contribution in [-0.2, 0) is 0 Å². The average molecular weight is 501 g/mol. The molecule has 0 amide bonds. The maximum atomic E-state index is 12.8. The first-order valence-electron chi connectivity index (χ1n) is 10.1. The molecular weight excluding hydrogens is 483 g/mol. The first-order valence-corrected chi connectivity index (χ1v) is 12.1. The Morgan fingerprint density at radius 3 is 2.21 bits per heavy atom. The van der Waals surface area contributed by atoms with E-state index < -0.39 is 32.3 Å². The van der Waals surface area contributed by atoms with Crippen molar-refractivity contribution >= 4 is 20.7 Å². The molecule has 0 saturated carbocycles. The first kappa shape index (κ1) is 22.2. The molecular formula is C25H18N4O3Se. The molecule has 1 aromatic carbocycles. The molecule has 0 spiro atoms. The van der Waals surface area contributed by atoms with Crippen molar-refractivity contribution < 1.29 is 13.6 Å². The number of benzene rings is 1. The van der Waals surface area contributed by atoms with E-state index in [-0.39, 0.29) is 16.7 Å². The number of furan rings is 2. The van der Waals surface area contributed by atoms with Gasteiger partial charge in [-0.15, -0.1) is 0 Å². The molecule has 0 bridgehead atoms. The average Bonchev–Trinajstić information content (AvgIpc) is 3.56. The number of nitriles is 3. The van der Waals surface area contributed by atoms with E-state index in [1.54, 1.807) is 36.4 Å². The number of allylic oxidation sites excluding steroid dienone is 1. The van der Waals surface area contributed by atoms with Crippen LogP contribution in [0.1, 0.15) is 39.4 Å². The number of aryl methyl sites for hydroxylation is 1. The van der Waals surface area contributed by atoms with Crippen molar-refractivity contribution in [1.29, 1.82) is 15.8 Å². The topological polar surface area (TPSA) is 127 Å². The Hall–Kier alpha value is -4.02. The van der Waals surface area contributed by atoms with Crippen molar-refractivity contribution in [1.82, 2.24) is 5.32 Å². The van der Waals surface area contributed by atoms with Gasteiger partial charge in [-0.1, -0.05) is 0 Å². The number of hydrogen-bond donors (Lipinski definition) is 1. The summed E-state index contributed by atoms with van der Waals surface area (Å²) in [5.41, 5.74) is 0.201. The van der Waals surface area contributed by atoms with E-state index in [4.69, 9.17) is 8.83 Å². The van der Waals surface area contributed by atoms with Gasteiger partial charge in [0.05, 0.1) is 0 Å². The van der Waals surface area contributed by atoms with Gasteiger partial charge < -0.3 is 0 Å². The molecule has 1 aliphatic rings. The second kappa shape index (κ2) is 9.23. The fourth-order valence-electron chi connectivity index (χ4n) is 3.90. The Morgan fingerprint density at radius 2 is 1.67 bits per heavy atom. The monoisotopic (exact) mass is 502 g/mol. The molecule has 1 aliphatic heterocycles. The van der Waals surface area contributed by atoms with Crippen LogP contribution in [0.3, 0.4) is 0 Å². The number of carbonyl (C=O) groups excluding carboxylic acids is 1. The van der Waals surface area contributed by atoms with Crippen molar-refractivity contribution in [2.24, 2.45) is 5.41 Å². The van der Waals surface area contributed by atoms with Crippen molar-refractivity contribution in [2.45, 2.75) is 24.2 Å². The SMILES string of the molecule is Cc1ccc(C(=O)C[Se]C2=C(C#N)C(c3ccco3)C(C#N)(C#N)C(c3ccco3)N2)cc1. The van der Waals surface area contributed by atoms with Crippen molar-refractivity contribution in [3.05, 3.63) is 93.9 Å². The third-order valence-electron chi connectivity index (χ3n) is 5.59. The molecule has 8 heteroatoms. The molecule has 1 N–H and O–H groups in total. The zero-order valence-electron chi connectivity index (χ0n) is 17.6. The normalized spacial score (nSPS) is 19.1. The molecule has 3 aromatic rings. The quantitative estimate of drug-likeness (QED) is 0.392. The summed E-state index contributed by atoms with van der Waals surface area (Å²) >= 11 is -0.459.